The predicted octanol–water partition coefficient (Wildman–Crippen LogP) is 3.30. The van der Waals surface area contributed by atoms with Gasteiger partial charge in [0.05, 0.1) is 12.1 Å². The van der Waals surface area contributed by atoms with E-state index in [0.717, 1.165) is 42.9 Å². The molecule has 0 radical (unpaired) electrons. The van der Waals surface area contributed by atoms with Crippen LogP contribution in [0.15, 0.2) is 36.4 Å². The maximum Gasteiger partial charge on any atom is 0.223 e. The summed E-state index contributed by atoms with van der Waals surface area (Å²) in [6, 6.07) is 7.58. The standard InChI is InChI=1S/C20H28ClNO3S/c21-17-5-3-4-16(14-17)15-19(24)8-6-18-7-9-20(25)22(18)10-13-26-12-2-1-11-23/h3-6,8,14,18-19,23-24H,1-2,7,9-13,15H2/b8-6+/t18-,19+/m0/s1. The van der Waals surface area contributed by atoms with Crippen LogP contribution in [0, 0.1) is 0 Å². The van der Waals surface area contributed by atoms with Crippen LogP contribution in [0.25, 0.3) is 0 Å². The number of carbonyl (C=O) groups is 1. The van der Waals surface area contributed by atoms with Crippen LogP contribution in [-0.4, -0.2) is 57.8 Å². The summed E-state index contributed by atoms with van der Waals surface area (Å²) in [6.45, 7) is 0.984. The minimum Gasteiger partial charge on any atom is -0.396 e. The first-order valence-corrected chi connectivity index (χ1v) is 10.7. The maximum absolute atomic E-state index is 12.1. The molecular weight excluding hydrogens is 370 g/mol. The molecule has 1 aliphatic heterocycles. The third kappa shape index (κ3) is 7.31. The van der Waals surface area contributed by atoms with E-state index in [2.05, 4.69) is 0 Å². The molecule has 2 atom stereocenters. The van der Waals surface area contributed by atoms with Gasteiger partial charge in [-0.15, -0.1) is 0 Å². The first-order valence-electron chi connectivity index (χ1n) is 9.19. The highest BCUT2D eigenvalue weighted by Crippen LogP contribution is 2.21. The Morgan fingerprint density at radius 3 is 2.96 bits per heavy atom. The monoisotopic (exact) mass is 397 g/mol. The van der Waals surface area contributed by atoms with Gasteiger partial charge in [-0.25, -0.2) is 0 Å². The van der Waals surface area contributed by atoms with Gasteiger partial charge in [-0.2, -0.15) is 11.8 Å². The van der Waals surface area contributed by atoms with E-state index in [1.165, 1.54) is 0 Å². The van der Waals surface area contributed by atoms with Crippen molar-refractivity contribution >= 4 is 29.3 Å². The molecule has 0 aliphatic carbocycles. The fourth-order valence-corrected chi connectivity index (χ4v) is 4.21. The van der Waals surface area contributed by atoms with Crippen molar-refractivity contribution in [1.29, 1.82) is 0 Å². The Hall–Kier alpha value is -1.01. The Kier molecular flexibility index (Phi) is 9.54. The molecule has 144 valence electrons. The van der Waals surface area contributed by atoms with Crippen molar-refractivity contribution in [3.05, 3.63) is 47.0 Å². The van der Waals surface area contributed by atoms with Gasteiger partial charge < -0.3 is 15.1 Å². The van der Waals surface area contributed by atoms with Gasteiger partial charge in [0.1, 0.15) is 0 Å². The van der Waals surface area contributed by atoms with Crippen LogP contribution < -0.4 is 0 Å². The van der Waals surface area contributed by atoms with Gasteiger partial charge in [0, 0.05) is 36.8 Å². The predicted molar refractivity (Wildman–Crippen MR) is 109 cm³/mol. The summed E-state index contributed by atoms with van der Waals surface area (Å²) >= 11 is 7.80. The molecule has 2 N–H and O–H groups in total. The van der Waals surface area contributed by atoms with Crippen molar-refractivity contribution in [2.45, 2.75) is 44.2 Å². The van der Waals surface area contributed by atoms with Crippen molar-refractivity contribution in [3.63, 3.8) is 0 Å². The number of halogens is 1. The number of amides is 1. The molecule has 1 aliphatic rings. The molecule has 0 unspecified atom stereocenters. The van der Waals surface area contributed by atoms with Crippen LogP contribution in [0.2, 0.25) is 5.02 Å². The van der Waals surface area contributed by atoms with Gasteiger partial charge in [-0.05, 0) is 42.7 Å². The summed E-state index contributed by atoms with van der Waals surface area (Å²) in [4.78, 5) is 14.0. The Bertz CT molecular complexity index is 596. The van der Waals surface area contributed by atoms with Gasteiger partial charge >= 0.3 is 0 Å². The number of nitrogens with zero attached hydrogens (tertiary/aromatic N) is 1. The van der Waals surface area contributed by atoms with E-state index in [1.807, 2.05) is 47.0 Å². The lowest BCUT2D eigenvalue weighted by molar-refractivity contribution is -0.128. The van der Waals surface area contributed by atoms with Gasteiger partial charge in [-0.1, -0.05) is 35.9 Å². The number of hydrogen-bond donors (Lipinski definition) is 2. The topological polar surface area (TPSA) is 60.8 Å². The number of hydrogen-bond acceptors (Lipinski definition) is 4. The molecule has 26 heavy (non-hydrogen) atoms. The lowest BCUT2D eigenvalue weighted by atomic mass is 10.1. The minimum absolute atomic E-state index is 0.0783. The lowest BCUT2D eigenvalue weighted by Gasteiger charge is -2.22. The second-order valence-electron chi connectivity index (χ2n) is 6.52. The summed E-state index contributed by atoms with van der Waals surface area (Å²) in [5.41, 5.74) is 0.994. The normalized spacial score (nSPS) is 18.8. The second-order valence-corrected chi connectivity index (χ2v) is 8.18. The molecule has 1 heterocycles. The quantitative estimate of drug-likeness (QED) is 0.444. The SMILES string of the molecule is O=C1CC[C@H](/C=C/[C@@H](O)Cc2cccc(Cl)c2)N1CCSCCCCO. The molecule has 0 spiro atoms. The highest BCUT2D eigenvalue weighted by molar-refractivity contribution is 7.99. The second kappa shape index (κ2) is 11.7. The largest absolute Gasteiger partial charge is 0.396 e. The van der Waals surface area contributed by atoms with E-state index in [4.69, 9.17) is 16.7 Å². The molecule has 1 aromatic carbocycles. The van der Waals surface area contributed by atoms with Gasteiger partial charge in [-0.3, -0.25) is 4.79 Å². The lowest BCUT2D eigenvalue weighted by Crippen LogP contribution is -2.34. The Balaban J connectivity index is 1.78. The molecule has 1 saturated heterocycles. The molecular formula is C20H28ClNO3S. The minimum atomic E-state index is -0.584. The van der Waals surface area contributed by atoms with Gasteiger partial charge in [0.2, 0.25) is 5.91 Å². The van der Waals surface area contributed by atoms with Crippen LogP contribution in [0.4, 0.5) is 0 Å². The first kappa shape index (κ1) is 21.3. The highest BCUT2D eigenvalue weighted by Gasteiger charge is 2.28. The van der Waals surface area contributed by atoms with Crippen LogP contribution in [0.3, 0.4) is 0 Å². The number of carbonyl (C=O) groups excluding carboxylic acids is 1. The van der Waals surface area contributed by atoms with Crippen molar-refractivity contribution in [2.24, 2.45) is 0 Å². The van der Waals surface area contributed by atoms with Crippen LogP contribution >= 0.6 is 23.4 Å². The number of thioether (sulfide) groups is 1. The zero-order valence-corrected chi connectivity index (χ0v) is 16.6. The third-order valence-corrected chi connectivity index (χ3v) is 5.72. The molecule has 2 rings (SSSR count). The number of benzene rings is 1. The van der Waals surface area contributed by atoms with E-state index in [9.17, 15) is 9.90 Å². The number of aliphatic hydroxyl groups is 2. The summed E-state index contributed by atoms with van der Waals surface area (Å²) < 4.78 is 0. The van der Waals surface area contributed by atoms with E-state index >= 15 is 0 Å². The van der Waals surface area contributed by atoms with E-state index in [1.54, 1.807) is 6.08 Å². The first-order chi connectivity index (χ1) is 12.6. The zero-order chi connectivity index (χ0) is 18.8. The van der Waals surface area contributed by atoms with Crippen molar-refractivity contribution in [3.8, 4) is 0 Å². The molecule has 1 amide bonds. The maximum atomic E-state index is 12.1. The molecule has 1 aromatic rings. The average Bonchev–Trinajstić information content (AvgIpc) is 2.96. The Morgan fingerprint density at radius 2 is 2.19 bits per heavy atom. The van der Waals surface area contributed by atoms with Crippen molar-refractivity contribution < 1.29 is 15.0 Å². The van der Waals surface area contributed by atoms with E-state index in [-0.39, 0.29) is 18.6 Å². The smallest absolute Gasteiger partial charge is 0.223 e. The third-order valence-electron chi connectivity index (χ3n) is 4.44. The number of rotatable bonds is 11. The van der Waals surface area contributed by atoms with Gasteiger partial charge in [0.25, 0.3) is 0 Å². The van der Waals surface area contributed by atoms with E-state index < -0.39 is 6.10 Å². The average molecular weight is 398 g/mol. The Labute approximate surface area is 165 Å². The number of unbranched alkanes of at least 4 members (excludes halogenated alkanes) is 1. The van der Waals surface area contributed by atoms with Crippen molar-refractivity contribution in [2.75, 3.05) is 24.7 Å². The summed E-state index contributed by atoms with van der Waals surface area (Å²) in [5, 5.41) is 19.7. The highest BCUT2D eigenvalue weighted by atomic mass is 35.5. The molecule has 0 bridgehead atoms. The Morgan fingerprint density at radius 1 is 1.35 bits per heavy atom. The fourth-order valence-electron chi connectivity index (χ4n) is 3.06. The van der Waals surface area contributed by atoms with Gasteiger partial charge in [0.15, 0.2) is 0 Å². The van der Waals surface area contributed by atoms with Crippen LogP contribution in [-0.2, 0) is 11.2 Å². The van der Waals surface area contributed by atoms with Crippen molar-refractivity contribution in [1.82, 2.24) is 4.90 Å². The van der Waals surface area contributed by atoms with Crippen LogP contribution in [0.1, 0.15) is 31.2 Å². The van der Waals surface area contributed by atoms with E-state index in [0.29, 0.717) is 17.9 Å². The summed E-state index contributed by atoms with van der Waals surface area (Å²) in [6.07, 6.45) is 6.93. The summed E-state index contributed by atoms with van der Waals surface area (Å²) in [5.74, 6) is 2.12. The molecule has 1 fully saturated rings. The van der Waals surface area contributed by atoms with Crippen LogP contribution in [0.5, 0.6) is 0 Å². The summed E-state index contributed by atoms with van der Waals surface area (Å²) in [7, 11) is 0. The zero-order valence-electron chi connectivity index (χ0n) is 15.0. The molecule has 0 aromatic heterocycles. The fraction of sp³-hybridized carbons (Fsp3) is 0.550. The molecule has 4 nitrogen and oxygen atoms in total. The number of aliphatic hydroxyl groups excluding tert-OH is 2. The number of likely N-dealkylation sites (tertiary alicyclic amines) is 1. The molecule has 0 saturated carbocycles. The molecule has 6 heteroatoms.